The van der Waals surface area contributed by atoms with Crippen molar-refractivity contribution in [3.05, 3.63) is 29.6 Å². The molecule has 0 bridgehead atoms. The van der Waals surface area contributed by atoms with Gasteiger partial charge < -0.3 is 14.6 Å². The third-order valence-electron chi connectivity index (χ3n) is 4.97. The number of hydrogen-bond acceptors (Lipinski definition) is 4. The van der Waals surface area contributed by atoms with E-state index in [0.717, 1.165) is 63.2 Å². The number of nitrogens with zero attached hydrogens (tertiary/aromatic N) is 1. The smallest absolute Gasteiger partial charge is 0.0992 e. The van der Waals surface area contributed by atoms with Crippen LogP contribution in [0.4, 0.5) is 0 Å². The lowest BCUT2D eigenvalue weighted by molar-refractivity contribution is -0.159. The van der Waals surface area contributed by atoms with Crippen LogP contribution >= 0.6 is 0 Å². The van der Waals surface area contributed by atoms with Crippen LogP contribution in [0.15, 0.2) is 18.3 Å². The highest BCUT2D eigenvalue weighted by atomic mass is 16.5. The first kappa shape index (κ1) is 14.9. The fraction of sp³-hybridized carbons (Fsp3) is 0.706. The monoisotopic (exact) mass is 291 g/mol. The van der Waals surface area contributed by atoms with Gasteiger partial charge in [0.25, 0.3) is 0 Å². The Morgan fingerprint density at radius 1 is 1.38 bits per heavy atom. The topological polar surface area (TPSA) is 51.6 Å². The Bertz CT molecular complexity index is 465. The highest BCUT2D eigenvalue weighted by molar-refractivity contribution is 5.22. The Hall–Kier alpha value is -0.970. The summed E-state index contributed by atoms with van der Waals surface area (Å²) in [7, 11) is 0. The number of hydrogen-bond donors (Lipinski definition) is 1. The second-order valence-corrected chi connectivity index (χ2v) is 6.24. The predicted molar refractivity (Wildman–Crippen MR) is 80.0 cm³/mol. The molecule has 3 rings (SSSR count). The Morgan fingerprint density at radius 3 is 2.95 bits per heavy atom. The molecule has 0 saturated carbocycles. The van der Waals surface area contributed by atoms with Crippen LogP contribution in [0.5, 0.6) is 0 Å². The molecule has 2 atom stereocenters. The predicted octanol–water partition coefficient (Wildman–Crippen LogP) is 2.65. The van der Waals surface area contributed by atoms with E-state index in [1.165, 1.54) is 0 Å². The normalized spacial score (nSPS) is 26.7. The molecule has 2 saturated heterocycles. The van der Waals surface area contributed by atoms with Gasteiger partial charge in [0.05, 0.1) is 17.4 Å². The summed E-state index contributed by atoms with van der Waals surface area (Å²) in [5.74, 6) is 0.233. The summed E-state index contributed by atoms with van der Waals surface area (Å²) in [5, 5.41) is 10.8. The van der Waals surface area contributed by atoms with Crippen molar-refractivity contribution in [1.29, 1.82) is 0 Å². The lowest BCUT2D eigenvalue weighted by atomic mass is 9.77. The summed E-state index contributed by atoms with van der Waals surface area (Å²) in [6, 6.07) is 4.01. The third-order valence-corrected chi connectivity index (χ3v) is 4.97. The molecule has 2 aliphatic heterocycles. The van der Waals surface area contributed by atoms with E-state index in [0.29, 0.717) is 0 Å². The summed E-state index contributed by atoms with van der Waals surface area (Å²) in [4.78, 5) is 4.44. The van der Waals surface area contributed by atoms with E-state index in [4.69, 9.17) is 9.47 Å². The largest absolute Gasteiger partial charge is 0.387 e. The van der Waals surface area contributed by atoms with Gasteiger partial charge in [-0.15, -0.1) is 0 Å². The Morgan fingerprint density at radius 2 is 2.19 bits per heavy atom. The Kier molecular flexibility index (Phi) is 4.57. The molecule has 116 valence electrons. The zero-order chi connectivity index (χ0) is 14.7. The minimum absolute atomic E-state index is 0.0801. The van der Waals surface area contributed by atoms with Crippen LogP contribution in [0.3, 0.4) is 0 Å². The van der Waals surface area contributed by atoms with E-state index in [9.17, 15) is 5.11 Å². The fourth-order valence-electron chi connectivity index (χ4n) is 3.67. The Labute approximate surface area is 126 Å². The molecular formula is C17H25NO3. The quantitative estimate of drug-likeness (QED) is 0.930. The van der Waals surface area contributed by atoms with Crippen LogP contribution in [0, 0.1) is 5.92 Å². The standard InChI is InChI=1S/C17H25NO3/c1-2-13-4-3-8-18-15(13)16(19)14-5-9-21-17(12-14)6-10-20-11-7-17/h3-4,8,14,16,19H,2,5-7,9-12H2,1H3. The van der Waals surface area contributed by atoms with E-state index in [1.807, 2.05) is 6.07 Å². The summed E-state index contributed by atoms with van der Waals surface area (Å²) in [6.45, 7) is 4.38. The zero-order valence-corrected chi connectivity index (χ0v) is 12.8. The van der Waals surface area contributed by atoms with E-state index >= 15 is 0 Å². The van der Waals surface area contributed by atoms with Crippen molar-refractivity contribution < 1.29 is 14.6 Å². The van der Waals surface area contributed by atoms with Gasteiger partial charge in [0, 0.05) is 26.0 Å². The first-order valence-electron chi connectivity index (χ1n) is 8.08. The molecule has 1 aromatic rings. The lowest BCUT2D eigenvalue weighted by Crippen LogP contribution is -2.45. The molecule has 0 aliphatic carbocycles. The lowest BCUT2D eigenvalue weighted by Gasteiger charge is -2.44. The van der Waals surface area contributed by atoms with Crippen molar-refractivity contribution in [3.63, 3.8) is 0 Å². The van der Waals surface area contributed by atoms with Crippen LogP contribution in [-0.4, -0.2) is 35.5 Å². The van der Waals surface area contributed by atoms with E-state index in [2.05, 4.69) is 18.0 Å². The van der Waals surface area contributed by atoms with Crippen molar-refractivity contribution in [2.75, 3.05) is 19.8 Å². The minimum Gasteiger partial charge on any atom is -0.387 e. The molecule has 0 amide bonds. The van der Waals surface area contributed by atoms with Crippen molar-refractivity contribution in [3.8, 4) is 0 Å². The molecule has 1 spiro atoms. The molecule has 0 aromatic carbocycles. The molecule has 2 fully saturated rings. The van der Waals surface area contributed by atoms with E-state index in [1.54, 1.807) is 6.20 Å². The van der Waals surface area contributed by atoms with Crippen molar-refractivity contribution in [2.24, 2.45) is 5.92 Å². The van der Waals surface area contributed by atoms with Gasteiger partial charge in [-0.05, 0) is 49.7 Å². The molecule has 4 nitrogen and oxygen atoms in total. The minimum atomic E-state index is -0.482. The van der Waals surface area contributed by atoms with E-state index in [-0.39, 0.29) is 11.5 Å². The molecule has 21 heavy (non-hydrogen) atoms. The van der Waals surface area contributed by atoms with Gasteiger partial charge in [-0.1, -0.05) is 13.0 Å². The second kappa shape index (κ2) is 6.42. The number of aliphatic hydroxyl groups excluding tert-OH is 1. The maximum absolute atomic E-state index is 10.8. The molecular weight excluding hydrogens is 266 g/mol. The molecule has 2 unspecified atom stereocenters. The third kappa shape index (κ3) is 3.12. The van der Waals surface area contributed by atoms with Gasteiger partial charge in [0.1, 0.15) is 0 Å². The van der Waals surface area contributed by atoms with Crippen molar-refractivity contribution in [1.82, 2.24) is 4.98 Å². The van der Waals surface area contributed by atoms with Gasteiger partial charge >= 0.3 is 0 Å². The van der Waals surface area contributed by atoms with Crippen molar-refractivity contribution in [2.45, 2.75) is 50.7 Å². The zero-order valence-electron chi connectivity index (χ0n) is 12.8. The van der Waals surface area contributed by atoms with Gasteiger partial charge in [-0.3, -0.25) is 4.98 Å². The van der Waals surface area contributed by atoms with Crippen LogP contribution in [0.25, 0.3) is 0 Å². The average molecular weight is 291 g/mol. The van der Waals surface area contributed by atoms with Crippen LogP contribution in [0.1, 0.15) is 50.0 Å². The molecule has 1 aromatic heterocycles. The van der Waals surface area contributed by atoms with Gasteiger partial charge in [-0.2, -0.15) is 0 Å². The first-order valence-corrected chi connectivity index (χ1v) is 8.08. The maximum atomic E-state index is 10.8. The number of ether oxygens (including phenoxy) is 2. The van der Waals surface area contributed by atoms with Gasteiger partial charge in [-0.25, -0.2) is 0 Å². The van der Waals surface area contributed by atoms with E-state index < -0.39 is 6.10 Å². The highest BCUT2D eigenvalue weighted by Crippen LogP contribution is 2.41. The summed E-state index contributed by atoms with van der Waals surface area (Å²) in [5.41, 5.74) is 1.93. The average Bonchev–Trinajstić information content (AvgIpc) is 2.55. The van der Waals surface area contributed by atoms with Gasteiger partial charge in [0.15, 0.2) is 0 Å². The number of aliphatic hydroxyl groups is 1. The van der Waals surface area contributed by atoms with Crippen LogP contribution < -0.4 is 0 Å². The fourth-order valence-corrected chi connectivity index (χ4v) is 3.67. The van der Waals surface area contributed by atoms with Gasteiger partial charge in [0.2, 0.25) is 0 Å². The summed E-state index contributed by atoms with van der Waals surface area (Å²) >= 11 is 0. The molecule has 0 radical (unpaired) electrons. The summed E-state index contributed by atoms with van der Waals surface area (Å²) < 4.78 is 11.5. The van der Waals surface area contributed by atoms with Crippen LogP contribution in [-0.2, 0) is 15.9 Å². The SMILES string of the molecule is CCc1cccnc1C(O)C1CCOC2(CCOCC2)C1. The molecule has 3 heterocycles. The van der Waals surface area contributed by atoms with Crippen LogP contribution in [0.2, 0.25) is 0 Å². The number of pyridine rings is 1. The molecule has 2 aliphatic rings. The first-order chi connectivity index (χ1) is 10.2. The number of rotatable bonds is 3. The summed E-state index contributed by atoms with van der Waals surface area (Å²) in [6.07, 6.45) is 5.91. The Balaban J connectivity index is 1.76. The second-order valence-electron chi connectivity index (χ2n) is 6.24. The highest BCUT2D eigenvalue weighted by Gasteiger charge is 2.41. The number of aromatic nitrogens is 1. The maximum Gasteiger partial charge on any atom is 0.0992 e. The molecule has 4 heteroatoms. The van der Waals surface area contributed by atoms with Crippen molar-refractivity contribution >= 4 is 0 Å². The molecule has 1 N–H and O–H groups in total. The number of aryl methyl sites for hydroxylation is 1.